The molecule has 7 nitrogen and oxygen atoms in total. The second-order valence-electron chi connectivity index (χ2n) is 6.68. The molecule has 142 valence electrons. The molecule has 0 aliphatic carbocycles. The van der Waals surface area contributed by atoms with Crippen molar-refractivity contribution < 1.29 is 13.2 Å². The molecular formula is C18H26N4O3S. The van der Waals surface area contributed by atoms with E-state index in [4.69, 9.17) is 0 Å². The lowest BCUT2D eigenvalue weighted by Crippen LogP contribution is -2.46. The average molecular weight is 378 g/mol. The van der Waals surface area contributed by atoms with Crippen LogP contribution >= 0.6 is 0 Å². The van der Waals surface area contributed by atoms with Gasteiger partial charge in [0.15, 0.2) is 0 Å². The summed E-state index contributed by atoms with van der Waals surface area (Å²) in [5.74, 6) is 0.809. The minimum atomic E-state index is -3.34. The van der Waals surface area contributed by atoms with Gasteiger partial charge in [-0.05, 0) is 37.8 Å². The van der Waals surface area contributed by atoms with E-state index in [1.54, 1.807) is 0 Å². The van der Waals surface area contributed by atoms with Crippen molar-refractivity contribution >= 4 is 27.0 Å². The van der Waals surface area contributed by atoms with Crippen molar-refractivity contribution in [2.24, 2.45) is 0 Å². The van der Waals surface area contributed by atoms with Gasteiger partial charge in [0.2, 0.25) is 15.9 Å². The summed E-state index contributed by atoms with van der Waals surface area (Å²) in [4.78, 5) is 20.2. The van der Waals surface area contributed by atoms with E-state index in [2.05, 4.69) is 15.3 Å². The quantitative estimate of drug-likeness (QED) is 0.685. The molecule has 1 aliphatic rings. The third-order valence-corrected chi connectivity index (χ3v) is 6.73. The van der Waals surface area contributed by atoms with Crippen LogP contribution in [-0.2, 0) is 21.2 Å². The number of nitrogens with zero attached hydrogens (tertiary/aromatic N) is 2. The van der Waals surface area contributed by atoms with Crippen LogP contribution in [0.25, 0.3) is 11.0 Å². The van der Waals surface area contributed by atoms with Crippen molar-refractivity contribution in [2.45, 2.75) is 45.1 Å². The number of carbonyl (C=O) groups excluding carboxylic acids is 1. The van der Waals surface area contributed by atoms with Gasteiger partial charge in [0.05, 0.1) is 16.8 Å². The molecule has 1 saturated heterocycles. The predicted octanol–water partition coefficient (Wildman–Crippen LogP) is 1.82. The molecule has 1 amide bonds. The average Bonchev–Trinajstić information content (AvgIpc) is 3.25. The molecule has 1 aliphatic heterocycles. The summed E-state index contributed by atoms with van der Waals surface area (Å²) in [6.07, 6.45) is 3.38. The Hall–Kier alpha value is -1.93. The van der Waals surface area contributed by atoms with Crippen molar-refractivity contribution in [1.29, 1.82) is 0 Å². The molecule has 0 radical (unpaired) electrons. The highest BCUT2D eigenvalue weighted by molar-refractivity contribution is 7.89. The Bertz CT molecular complexity index is 829. The molecule has 0 spiro atoms. The summed E-state index contributed by atoms with van der Waals surface area (Å²) in [5.41, 5.74) is 1.95. The zero-order chi connectivity index (χ0) is 18.6. The number of aromatic amines is 1. The van der Waals surface area contributed by atoms with Gasteiger partial charge in [0, 0.05) is 19.5 Å². The van der Waals surface area contributed by atoms with Crippen LogP contribution in [0.1, 0.15) is 38.4 Å². The number of aryl methyl sites for hydroxylation is 1. The number of benzene rings is 1. The first kappa shape index (κ1) is 18.8. The third kappa shape index (κ3) is 4.24. The van der Waals surface area contributed by atoms with E-state index in [1.165, 1.54) is 4.31 Å². The second kappa shape index (κ2) is 8.18. The predicted molar refractivity (Wildman–Crippen MR) is 101 cm³/mol. The molecule has 2 aromatic rings. The smallest absolute Gasteiger partial charge is 0.238 e. The summed E-state index contributed by atoms with van der Waals surface area (Å²) in [7, 11) is -3.34. The molecule has 3 rings (SSSR count). The summed E-state index contributed by atoms with van der Waals surface area (Å²) >= 11 is 0. The number of aromatic nitrogens is 2. The number of rotatable bonds is 8. The fourth-order valence-corrected chi connectivity index (χ4v) is 5.17. The van der Waals surface area contributed by atoms with Gasteiger partial charge in [0.1, 0.15) is 11.9 Å². The Morgan fingerprint density at radius 3 is 2.96 bits per heavy atom. The zero-order valence-electron chi connectivity index (χ0n) is 15.1. The molecule has 26 heavy (non-hydrogen) atoms. The molecule has 2 N–H and O–H groups in total. The van der Waals surface area contributed by atoms with Crippen molar-refractivity contribution in [3.8, 4) is 0 Å². The number of H-pyrrole nitrogens is 1. The highest BCUT2D eigenvalue weighted by atomic mass is 32.2. The lowest BCUT2D eigenvalue weighted by Gasteiger charge is -2.23. The number of carbonyl (C=O) groups is 1. The maximum absolute atomic E-state index is 12.4. The minimum Gasteiger partial charge on any atom is -0.355 e. The molecule has 1 aromatic carbocycles. The summed E-state index contributed by atoms with van der Waals surface area (Å²) in [5, 5.41) is 2.89. The number of nitrogens with one attached hydrogen (secondary N) is 2. The molecule has 1 fully saturated rings. The van der Waals surface area contributed by atoms with Crippen LogP contribution in [0.4, 0.5) is 0 Å². The summed E-state index contributed by atoms with van der Waals surface area (Å²) in [6, 6.07) is 7.30. The molecule has 1 unspecified atom stereocenters. The Morgan fingerprint density at radius 1 is 1.38 bits per heavy atom. The fourth-order valence-electron chi connectivity index (χ4n) is 3.42. The summed E-state index contributed by atoms with van der Waals surface area (Å²) in [6.45, 7) is 2.79. The molecule has 2 heterocycles. The zero-order valence-corrected chi connectivity index (χ0v) is 15.9. The number of hydrogen-bond acceptors (Lipinski definition) is 4. The lowest BCUT2D eigenvalue weighted by molar-refractivity contribution is -0.124. The topological polar surface area (TPSA) is 95.2 Å². The van der Waals surface area contributed by atoms with E-state index in [-0.39, 0.29) is 11.7 Å². The van der Waals surface area contributed by atoms with E-state index < -0.39 is 16.1 Å². The van der Waals surface area contributed by atoms with Crippen LogP contribution in [0.3, 0.4) is 0 Å². The maximum Gasteiger partial charge on any atom is 0.238 e. The monoisotopic (exact) mass is 378 g/mol. The number of fused-ring (bicyclic) bond motifs is 1. The highest BCUT2D eigenvalue weighted by Gasteiger charge is 2.37. The van der Waals surface area contributed by atoms with Crippen LogP contribution in [-0.4, -0.2) is 53.5 Å². The Kier molecular flexibility index (Phi) is 5.93. The van der Waals surface area contributed by atoms with Gasteiger partial charge >= 0.3 is 0 Å². The van der Waals surface area contributed by atoms with Crippen molar-refractivity contribution in [2.75, 3.05) is 18.8 Å². The van der Waals surface area contributed by atoms with E-state index in [1.807, 2.05) is 31.2 Å². The molecule has 1 atom stereocenters. The van der Waals surface area contributed by atoms with Crippen LogP contribution in [0, 0.1) is 0 Å². The first-order valence-electron chi connectivity index (χ1n) is 9.22. The number of imidazole rings is 1. The van der Waals surface area contributed by atoms with E-state index in [0.29, 0.717) is 25.9 Å². The normalized spacial score (nSPS) is 18.4. The van der Waals surface area contributed by atoms with Gasteiger partial charge in [-0.3, -0.25) is 4.79 Å². The van der Waals surface area contributed by atoms with Gasteiger partial charge in [-0.1, -0.05) is 19.1 Å². The van der Waals surface area contributed by atoms with E-state index in [0.717, 1.165) is 36.1 Å². The molecule has 1 aromatic heterocycles. The first-order chi connectivity index (χ1) is 12.5. The number of sulfonamides is 1. The van der Waals surface area contributed by atoms with Crippen molar-refractivity contribution in [3.05, 3.63) is 30.1 Å². The maximum atomic E-state index is 12.4. The van der Waals surface area contributed by atoms with Crippen molar-refractivity contribution in [1.82, 2.24) is 19.6 Å². The number of amides is 1. The van der Waals surface area contributed by atoms with Gasteiger partial charge in [0.25, 0.3) is 0 Å². The van der Waals surface area contributed by atoms with E-state index >= 15 is 0 Å². The molecule has 8 heteroatoms. The lowest BCUT2D eigenvalue weighted by atomic mass is 10.2. The van der Waals surface area contributed by atoms with Gasteiger partial charge in [-0.2, -0.15) is 4.31 Å². The Morgan fingerprint density at radius 2 is 2.19 bits per heavy atom. The van der Waals surface area contributed by atoms with E-state index in [9.17, 15) is 13.2 Å². The number of hydrogen-bond donors (Lipinski definition) is 2. The third-order valence-electron chi connectivity index (χ3n) is 4.65. The second-order valence-corrected chi connectivity index (χ2v) is 8.72. The van der Waals surface area contributed by atoms with Crippen LogP contribution in [0.15, 0.2) is 24.3 Å². The van der Waals surface area contributed by atoms with Crippen LogP contribution < -0.4 is 5.32 Å². The van der Waals surface area contributed by atoms with Gasteiger partial charge in [-0.15, -0.1) is 0 Å². The van der Waals surface area contributed by atoms with Crippen LogP contribution in [0.2, 0.25) is 0 Å². The molecule has 0 bridgehead atoms. The highest BCUT2D eigenvalue weighted by Crippen LogP contribution is 2.22. The summed E-state index contributed by atoms with van der Waals surface area (Å²) < 4.78 is 25.9. The Balaban J connectivity index is 1.49. The largest absolute Gasteiger partial charge is 0.355 e. The Labute approximate surface area is 154 Å². The number of para-hydroxylation sites is 2. The molecule has 0 saturated carbocycles. The van der Waals surface area contributed by atoms with Gasteiger partial charge < -0.3 is 10.3 Å². The standard InChI is InChI=1S/C18H26N4O3S/c1-2-13-26(24,25)22-12-6-9-16(22)18(23)19-11-5-10-17-20-14-7-3-4-8-15(14)21-17/h3-4,7-8,16H,2,5-6,9-13H2,1H3,(H,19,23)(H,20,21). The van der Waals surface area contributed by atoms with Gasteiger partial charge in [-0.25, -0.2) is 13.4 Å². The van der Waals surface area contributed by atoms with Crippen molar-refractivity contribution in [3.63, 3.8) is 0 Å². The minimum absolute atomic E-state index is 0.100. The fraction of sp³-hybridized carbons (Fsp3) is 0.556. The SMILES string of the molecule is CCCS(=O)(=O)N1CCCC1C(=O)NCCCc1nc2ccccc2[nH]1. The molecular weight excluding hydrogens is 352 g/mol. The first-order valence-corrected chi connectivity index (χ1v) is 10.8. The van der Waals surface area contributed by atoms with Crippen LogP contribution in [0.5, 0.6) is 0 Å².